The Hall–Kier alpha value is -4.66. The molecule has 15 heteroatoms. The van der Waals surface area contributed by atoms with E-state index in [1.807, 2.05) is 0 Å². The highest BCUT2D eigenvalue weighted by atomic mass is 32.1. The molecule has 42 heavy (non-hydrogen) atoms. The molecule has 1 atom stereocenters. The number of nitrogens with zero attached hydrogens (tertiary/aromatic N) is 4. The molecule has 0 fully saturated rings. The summed E-state index contributed by atoms with van der Waals surface area (Å²) < 4.78 is 44.7. The molecule has 0 unspecified atom stereocenters. The highest BCUT2D eigenvalue weighted by Gasteiger charge is 2.33. The monoisotopic (exact) mass is 603 g/mol. The van der Waals surface area contributed by atoms with Gasteiger partial charge in [0.15, 0.2) is 0 Å². The van der Waals surface area contributed by atoms with Gasteiger partial charge in [0, 0.05) is 40.7 Å². The van der Waals surface area contributed by atoms with Crippen LogP contribution in [0.5, 0.6) is 0 Å². The van der Waals surface area contributed by atoms with Crippen LogP contribution in [0.2, 0.25) is 0 Å². The van der Waals surface area contributed by atoms with Crippen molar-refractivity contribution in [2.75, 3.05) is 5.32 Å². The Morgan fingerprint density at radius 3 is 2.60 bits per heavy atom. The van der Waals surface area contributed by atoms with Gasteiger partial charge in [0.05, 0.1) is 18.0 Å². The first kappa shape index (κ1) is 31.9. The summed E-state index contributed by atoms with van der Waals surface area (Å²) in [5.74, 6) is -0.278. The maximum Gasteiger partial charge on any atom is 0.418 e. The van der Waals surface area contributed by atoms with E-state index in [1.54, 1.807) is 32.9 Å². The number of pyridine rings is 1. The molecule has 3 heterocycles. The fourth-order valence-electron chi connectivity index (χ4n) is 3.43. The van der Waals surface area contributed by atoms with Gasteiger partial charge in [0.1, 0.15) is 34.4 Å². The number of thiazole rings is 1. The lowest BCUT2D eigenvalue weighted by atomic mass is 10.1. The number of aryl methyl sites for hydroxylation is 2. The van der Waals surface area contributed by atoms with Gasteiger partial charge in [-0.15, -0.1) is 11.3 Å². The van der Waals surface area contributed by atoms with Gasteiger partial charge in [-0.2, -0.15) is 13.2 Å². The number of alkyl halides is 3. The van der Waals surface area contributed by atoms with E-state index in [0.717, 1.165) is 17.4 Å². The summed E-state index contributed by atoms with van der Waals surface area (Å²) in [6.45, 7) is 7.88. The predicted octanol–water partition coefficient (Wildman–Crippen LogP) is 5.35. The summed E-state index contributed by atoms with van der Waals surface area (Å²) in [5.41, 5.74) is 0.434. The van der Waals surface area contributed by atoms with Crippen LogP contribution in [0.15, 0.2) is 56.3 Å². The summed E-state index contributed by atoms with van der Waals surface area (Å²) in [7, 11) is 0. The van der Waals surface area contributed by atoms with Crippen LogP contribution in [0, 0.1) is 19.8 Å². The van der Waals surface area contributed by atoms with Gasteiger partial charge >= 0.3 is 12.2 Å². The zero-order valence-electron chi connectivity index (χ0n) is 23.3. The van der Waals surface area contributed by atoms with Crippen LogP contribution >= 0.6 is 11.3 Å². The Kier molecular flexibility index (Phi) is 10.5. The van der Waals surface area contributed by atoms with Gasteiger partial charge in [0.2, 0.25) is 5.91 Å². The fourth-order valence-corrected chi connectivity index (χ4v) is 4.17. The SMILES string of the molecule is CC(=C/[C@@H](C)C(=O)Nc1csc(-c2cnc(C)c(C(F)(F)F)c2)n1)/C=N/C(NC(=O)NCc1cc(C)on1)=C(\C)C=O. The molecule has 0 bridgehead atoms. The van der Waals surface area contributed by atoms with Gasteiger partial charge < -0.3 is 15.2 Å². The topological polar surface area (TPSA) is 151 Å². The van der Waals surface area contributed by atoms with Crippen molar-refractivity contribution in [1.29, 1.82) is 0 Å². The minimum atomic E-state index is -4.55. The van der Waals surface area contributed by atoms with Gasteiger partial charge in [-0.25, -0.2) is 14.8 Å². The average Bonchev–Trinajstić information content (AvgIpc) is 3.57. The third kappa shape index (κ3) is 8.92. The number of aromatic nitrogens is 3. The maximum absolute atomic E-state index is 13.2. The van der Waals surface area contributed by atoms with Crippen LogP contribution in [0.4, 0.5) is 23.8 Å². The number of carbonyl (C=O) groups is 3. The van der Waals surface area contributed by atoms with Crippen LogP contribution in [-0.4, -0.2) is 39.6 Å². The van der Waals surface area contributed by atoms with Crippen LogP contribution in [0.3, 0.4) is 0 Å². The molecule has 0 radical (unpaired) electrons. The van der Waals surface area contributed by atoms with Gasteiger partial charge in [-0.1, -0.05) is 18.2 Å². The first-order valence-corrected chi connectivity index (χ1v) is 13.3. The first-order chi connectivity index (χ1) is 19.8. The number of amides is 3. The third-order valence-corrected chi connectivity index (χ3v) is 6.50. The Balaban J connectivity index is 1.62. The molecule has 3 rings (SSSR count). The lowest BCUT2D eigenvalue weighted by Crippen LogP contribution is -2.34. The molecule has 0 aliphatic carbocycles. The number of nitrogens with one attached hydrogen (secondary N) is 3. The molecule has 0 aliphatic heterocycles. The van der Waals surface area contributed by atoms with Crippen molar-refractivity contribution in [2.24, 2.45) is 10.9 Å². The molecule has 11 nitrogen and oxygen atoms in total. The van der Waals surface area contributed by atoms with E-state index in [1.165, 1.54) is 31.6 Å². The molecule has 0 saturated carbocycles. The maximum atomic E-state index is 13.2. The molecule has 0 spiro atoms. The van der Waals surface area contributed by atoms with E-state index in [-0.39, 0.29) is 40.0 Å². The average molecular weight is 604 g/mol. The summed E-state index contributed by atoms with van der Waals surface area (Å²) in [6.07, 6.45) is 0.284. The Bertz CT molecular complexity index is 1560. The zero-order chi connectivity index (χ0) is 31.0. The molecule has 222 valence electrons. The fraction of sp³-hybridized carbons (Fsp3) is 0.296. The van der Waals surface area contributed by atoms with Crippen molar-refractivity contribution in [3.05, 3.63) is 69.5 Å². The molecule has 3 amide bonds. The zero-order valence-corrected chi connectivity index (χ0v) is 24.1. The highest BCUT2D eigenvalue weighted by Crippen LogP contribution is 2.34. The molecule has 0 aromatic carbocycles. The van der Waals surface area contributed by atoms with Crippen molar-refractivity contribution in [1.82, 2.24) is 25.8 Å². The quantitative estimate of drug-likeness (QED) is 0.161. The molecular formula is C27H28F3N7O4S. The second-order valence-electron chi connectivity index (χ2n) is 9.23. The van der Waals surface area contributed by atoms with E-state index >= 15 is 0 Å². The van der Waals surface area contributed by atoms with Gasteiger partial charge in [0.25, 0.3) is 0 Å². The number of hydrogen-bond acceptors (Lipinski definition) is 9. The Labute approximate surface area is 243 Å². The molecule has 3 N–H and O–H groups in total. The van der Waals surface area contributed by atoms with Gasteiger partial charge in [-0.3, -0.25) is 19.9 Å². The second kappa shape index (κ2) is 13.8. The van der Waals surface area contributed by atoms with E-state index in [2.05, 4.69) is 36.1 Å². The number of aliphatic imine (C=N–C) groups is 1. The van der Waals surface area contributed by atoms with Crippen molar-refractivity contribution >= 4 is 41.6 Å². The van der Waals surface area contributed by atoms with Crippen LogP contribution < -0.4 is 16.0 Å². The van der Waals surface area contributed by atoms with Crippen molar-refractivity contribution in [3.63, 3.8) is 0 Å². The highest BCUT2D eigenvalue weighted by molar-refractivity contribution is 7.13. The lowest BCUT2D eigenvalue weighted by molar-refractivity contribution is -0.138. The standard InChI is InChI=1S/C27H28F3N7O4S/c1-14(9-32-23(16(3)12-38)36-26(40)33-11-20-7-17(4)41-37-20)6-15(2)24(39)34-22-13-42-25(35-22)19-8-21(27(28,29)30)18(5)31-10-19/h6-10,12-13,15H,11H2,1-5H3,(H,34,39)(H2,33,36,40)/b14-6-,23-16-,32-9+/t15-/m1/s1. The Morgan fingerprint density at radius 1 is 1.21 bits per heavy atom. The van der Waals surface area contributed by atoms with Crippen molar-refractivity contribution in [3.8, 4) is 10.6 Å². The summed E-state index contributed by atoms with van der Waals surface area (Å²) in [5, 5.41) is 13.3. The van der Waals surface area contributed by atoms with E-state index in [9.17, 15) is 27.6 Å². The van der Waals surface area contributed by atoms with Crippen LogP contribution in [0.1, 0.15) is 43.5 Å². The summed E-state index contributed by atoms with van der Waals surface area (Å²) >= 11 is 1.07. The number of hydrogen-bond donors (Lipinski definition) is 3. The van der Waals surface area contributed by atoms with Crippen LogP contribution in [-0.2, 0) is 22.3 Å². The number of urea groups is 1. The molecule has 3 aromatic rings. The number of rotatable bonds is 10. The number of carbonyl (C=O) groups excluding carboxylic acids is 3. The smallest absolute Gasteiger partial charge is 0.361 e. The van der Waals surface area contributed by atoms with Crippen molar-refractivity contribution in [2.45, 2.75) is 47.3 Å². The Morgan fingerprint density at radius 2 is 1.95 bits per heavy atom. The molecule has 0 aliphatic rings. The summed E-state index contributed by atoms with van der Waals surface area (Å²) in [6, 6.07) is 2.03. The lowest BCUT2D eigenvalue weighted by Gasteiger charge is -2.10. The largest absolute Gasteiger partial charge is 0.418 e. The number of aldehydes is 1. The van der Waals surface area contributed by atoms with Crippen LogP contribution in [0.25, 0.3) is 10.6 Å². The molecule has 0 saturated heterocycles. The second-order valence-corrected chi connectivity index (χ2v) is 10.1. The van der Waals surface area contributed by atoms with Crippen molar-refractivity contribution < 1.29 is 32.1 Å². The predicted molar refractivity (Wildman–Crippen MR) is 151 cm³/mol. The molecular weight excluding hydrogens is 575 g/mol. The molecule has 3 aromatic heterocycles. The number of halogens is 3. The summed E-state index contributed by atoms with van der Waals surface area (Å²) in [4.78, 5) is 48.5. The minimum Gasteiger partial charge on any atom is -0.361 e. The van der Waals surface area contributed by atoms with E-state index < -0.39 is 29.6 Å². The normalized spacial score (nSPS) is 13.5. The van der Waals surface area contributed by atoms with E-state index in [0.29, 0.717) is 23.3 Å². The third-order valence-electron chi connectivity index (χ3n) is 5.61. The number of anilines is 1. The first-order valence-electron chi connectivity index (χ1n) is 12.4. The number of allylic oxidation sites excluding steroid dienone is 2. The minimum absolute atomic E-state index is 0.0120. The van der Waals surface area contributed by atoms with Gasteiger partial charge in [-0.05, 0) is 39.3 Å². The van der Waals surface area contributed by atoms with E-state index in [4.69, 9.17) is 4.52 Å².